The number of esters is 2. The molecule has 0 bridgehead atoms. The van der Waals surface area contributed by atoms with Crippen LogP contribution in [0.1, 0.15) is 13.3 Å². The first-order valence-electron chi connectivity index (χ1n) is 4.74. The Morgan fingerprint density at radius 1 is 1.38 bits per heavy atom. The molecule has 0 aromatic heterocycles. The summed E-state index contributed by atoms with van der Waals surface area (Å²) in [5.74, 6) is -1.18. The van der Waals surface area contributed by atoms with Crippen LogP contribution in [0.4, 0.5) is 0 Å². The number of ether oxygens (including phenoxy) is 2. The normalized spacial score (nSPS) is 11.7. The summed E-state index contributed by atoms with van der Waals surface area (Å²) in [4.78, 5) is 21.9. The van der Waals surface area contributed by atoms with E-state index in [9.17, 15) is 9.59 Å². The van der Waals surface area contributed by atoms with Gasteiger partial charge in [-0.1, -0.05) is 6.58 Å². The molecule has 1 unspecified atom stereocenters. The van der Waals surface area contributed by atoms with E-state index in [2.05, 4.69) is 16.1 Å². The molecule has 0 rings (SSSR count). The molecule has 6 heteroatoms. The highest BCUT2D eigenvalue weighted by atomic mass is 16.6. The van der Waals surface area contributed by atoms with Gasteiger partial charge in [0.1, 0.15) is 19.3 Å². The predicted molar refractivity (Wildman–Crippen MR) is 54.4 cm³/mol. The van der Waals surface area contributed by atoms with Crippen molar-refractivity contribution in [3.63, 3.8) is 0 Å². The van der Waals surface area contributed by atoms with Crippen molar-refractivity contribution in [3.8, 4) is 0 Å². The first-order valence-corrected chi connectivity index (χ1v) is 4.74. The van der Waals surface area contributed by atoms with Gasteiger partial charge in [-0.05, 0) is 6.92 Å². The quantitative estimate of drug-likeness (QED) is 0.449. The van der Waals surface area contributed by atoms with Crippen LogP contribution in [0.5, 0.6) is 0 Å². The van der Waals surface area contributed by atoms with Crippen LogP contribution in [0.2, 0.25) is 0 Å². The molecular formula is C10H16O6. The zero-order valence-corrected chi connectivity index (χ0v) is 9.14. The van der Waals surface area contributed by atoms with Crippen molar-refractivity contribution in [1.29, 1.82) is 0 Å². The van der Waals surface area contributed by atoms with Crippen molar-refractivity contribution in [2.45, 2.75) is 19.4 Å². The molecule has 0 aliphatic heterocycles. The zero-order valence-electron chi connectivity index (χ0n) is 9.14. The Hall–Kier alpha value is -1.40. The van der Waals surface area contributed by atoms with Gasteiger partial charge >= 0.3 is 11.9 Å². The highest BCUT2D eigenvalue weighted by Gasteiger charge is 2.09. The maximum Gasteiger partial charge on any atom is 0.333 e. The summed E-state index contributed by atoms with van der Waals surface area (Å²) >= 11 is 0. The second-order valence-electron chi connectivity index (χ2n) is 3.19. The molecule has 2 N–H and O–H groups in total. The molecule has 0 fully saturated rings. The number of hydrogen-bond donors (Lipinski definition) is 2. The number of hydrogen-bond acceptors (Lipinski definition) is 6. The topological polar surface area (TPSA) is 93.1 Å². The van der Waals surface area contributed by atoms with Crippen LogP contribution in [-0.2, 0) is 19.1 Å². The number of carbonyl (C=O) groups is 2. The van der Waals surface area contributed by atoms with Crippen LogP contribution in [0.25, 0.3) is 0 Å². The molecule has 0 aromatic carbocycles. The van der Waals surface area contributed by atoms with Gasteiger partial charge in [-0.2, -0.15) is 0 Å². The van der Waals surface area contributed by atoms with Gasteiger partial charge in [-0.3, -0.25) is 4.79 Å². The van der Waals surface area contributed by atoms with Crippen LogP contribution < -0.4 is 0 Å². The van der Waals surface area contributed by atoms with Gasteiger partial charge in [-0.25, -0.2) is 4.79 Å². The van der Waals surface area contributed by atoms with Gasteiger partial charge < -0.3 is 19.7 Å². The van der Waals surface area contributed by atoms with Crippen molar-refractivity contribution >= 4 is 11.9 Å². The molecule has 6 nitrogen and oxygen atoms in total. The zero-order chi connectivity index (χ0) is 12.6. The molecule has 0 spiro atoms. The molecule has 1 atom stereocenters. The van der Waals surface area contributed by atoms with E-state index in [4.69, 9.17) is 10.2 Å². The Kier molecular flexibility index (Phi) is 7.15. The minimum absolute atomic E-state index is 0.0975. The third-order valence-electron chi connectivity index (χ3n) is 1.54. The molecule has 0 aromatic rings. The smallest absolute Gasteiger partial charge is 0.333 e. The Labute approximate surface area is 93.5 Å². The summed E-state index contributed by atoms with van der Waals surface area (Å²) in [5, 5.41) is 17.3. The summed E-state index contributed by atoms with van der Waals surface area (Å²) in [6.45, 7) is 4.02. The highest BCUT2D eigenvalue weighted by Crippen LogP contribution is 1.95. The lowest BCUT2D eigenvalue weighted by Gasteiger charge is -2.08. The Bertz CT molecular complexity index is 260. The van der Waals surface area contributed by atoms with Crippen molar-refractivity contribution in [3.05, 3.63) is 12.2 Å². The van der Waals surface area contributed by atoms with Crippen LogP contribution in [-0.4, -0.2) is 48.1 Å². The van der Waals surface area contributed by atoms with Crippen molar-refractivity contribution in [1.82, 2.24) is 0 Å². The van der Waals surface area contributed by atoms with E-state index in [0.29, 0.717) is 0 Å². The van der Waals surface area contributed by atoms with Gasteiger partial charge in [0.25, 0.3) is 0 Å². The second-order valence-corrected chi connectivity index (χ2v) is 3.19. The Balaban J connectivity index is 3.59. The van der Waals surface area contributed by atoms with E-state index >= 15 is 0 Å². The average Bonchev–Trinajstić information content (AvgIpc) is 2.25. The van der Waals surface area contributed by atoms with Gasteiger partial charge in [-0.15, -0.1) is 0 Å². The minimum atomic E-state index is -1.08. The van der Waals surface area contributed by atoms with E-state index in [0.717, 1.165) is 0 Å². The fraction of sp³-hybridized carbons (Fsp3) is 0.600. The van der Waals surface area contributed by atoms with Gasteiger partial charge in [0.05, 0.1) is 13.0 Å². The molecule has 0 saturated heterocycles. The summed E-state index contributed by atoms with van der Waals surface area (Å²) in [6, 6.07) is 0. The van der Waals surface area contributed by atoms with Crippen LogP contribution in [0.3, 0.4) is 0 Å². The number of aliphatic hydroxyl groups excluding tert-OH is 2. The number of carbonyl (C=O) groups excluding carboxylic acids is 2. The summed E-state index contributed by atoms with van der Waals surface area (Å²) in [6.07, 6.45) is -1.18. The summed E-state index contributed by atoms with van der Waals surface area (Å²) in [7, 11) is 0. The average molecular weight is 232 g/mol. The largest absolute Gasteiger partial charge is 0.463 e. The van der Waals surface area contributed by atoms with Crippen LogP contribution in [0, 0.1) is 0 Å². The van der Waals surface area contributed by atoms with E-state index in [1.54, 1.807) is 0 Å². The Morgan fingerprint density at radius 3 is 2.50 bits per heavy atom. The van der Waals surface area contributed by atoms with E-state index in [-0.39, 0.29) is 25.2 Å². The molecule has 0 aliphatic rings. The number of rotatable bonds is 7. The maximum atomic E-state index is 11.0. The Morgan fingerprint density at radius 2 is 2.00 bits per heavy atom. The standard InChI is InChI=1S/C10H16O6/c1-7(2)10(14)15-4-3-9(13)16-6-8(12)5-11/h8,11-12H,1,3-6H2,2H3. The molecule has 16 heavy (non-hydrogen) atoms. The molecule has 92 valence electrons. The lowest BCUT2D eigenvalue weighted by molar-refractivity contribution is -0.150. The lowest BCUT2D eigenvalue weighted by Crippen LogP contribution is -2.22. The third-order valence-corrected chi connectivity index (χ3v) is 1.54. The van der Waals surface area contributed by atoms with Crippen molar-refractivity contribution in [2.24, 2.45) is 0 Å². The third kappa shape index (κ3) is 6.97. The molecule has 0 aliphatic carbocycles. The molecule has 0 heterocycles. The second kappa shape index (κ2) is 7.84. The van der Waals surface area contributed by atoms with Gasteiger partial charge in [0.15, 0.2) is 0 Å². The van der Waals surface area contributed by atoms with E-state index < -0.39 is 24.6 Å². The van der Waals surface area contributed by atoms with Crippen LogP contribution in [0.15, 0.2) is 12.2 Å². The molecule has 0 amide bonds. The maximum absolute atomic E-state index is 11.0. The monoisotopic (exact) mass is 232 g/mol. The van der Waals surface area contributed by atoms with Gasteiger partial charge in [0.2, 0.25) is 0 Å². The SMILES string of the molecule is C=C(C)C(=O)OCCC(=O)OCC(O)CO. The summed E-state index contributed by atoms with van der Waals surface area (Å²) < 4.78 is 9.23. The van der Waals surface area contributed by atoms with E-state index in [1.807, 2.05) is 0 Å². The first-order chi connectivity index (χ1) is 7.47. The van der Waals surface area contributed by atoms with Crippen molar-refractivity contribution in [2.75, 3.05) is 19.8 Å². The molecule has 0 saturated carbocycles. The highest BCUT2D eigenvalue weighted by molar-refractivity contribution is 5.87. The molecular weight excluding hydrogens is 216 g/mol. The van der Waals surface area contributed by atoms with Gasteiger partial charge in [0, 0.05) is 5.57 Å². The fourth-order valence-corrected chi connectivity index (χ4v) is 0.664. The fourth-order valence-electron chi connectivity index (χ4n) is 0.664. The predicted octanol–water partition coefficient (Wildman–Crippen LogP) is -0.608. The first kappa shape index (κ1) is 14.6. The lowest BCUT2D eigenvalue weighted by atomic mass is 10.3. The molecule has 0 radical (unpaired) electrons. The van der Waals surface area contributed by atoms with Crippen molar-refractivity contribution < 1.29 is 29.3 Å². The summed E-state index contributed by atoms with van der Waals surface area (Å²) in [5.41, 5.74) is 0.254. The number of aliphatic hydroxyl groups is 2. The van der Waals surface area contributed by atoms with Crippen LogP contribution >= 0.6 is 0 Å². The van der Waals surface area contributed by atoms with E-state index in [1.165, 1.54) is 6.92 Å². The minimum Gasteiger partial charge on any atom is -0.463 e.